The molecule has 3 N–H and O–H groups in total. The molecule has 2 aliphatic rings. The van der Waals surface area contributed by atoms with Crippen LogP contribution in [-0.4, -0.2) is 62.4 Å². The normalized spacial score (nSPS) is 18.4. The summed E-state index contributed by atoms with van der Waals surface area (Å²) < 4.78 is 1.53. The molecule has 4 aromatic rings. The van der Waals surface area contributed by atoms with Crippen molar-refractivity contribution in [2.45, 2.75) is 37.6 Å². The number of nitrogens with one attached hydrogen (secondary N) is 1. The highest BCUT2D eigenvalue weighted by Gasteiger charge is 2.32. The Morgan fingerprint density at radius 3 is 2.51 bits per heavy atom. The second-order valence-corrected chi connectivity index (χ2v) is 9.75. The van der Waals surface area contributed by atoms with E-state index in [1.807, 2.05) is 53.6 Å². The van der Waals surface area contributed by atoms with Gasteiger partial charge in [0.1, 0.15) is 5.82 Å². The summed E-state index contributed by atoms with van der Waals surface area (Å²) in [6.45, 7) is 2.18. The molecule has 37 heavy (non-hydrogen) atoms. The van der Waals surface area contributed by atoms with Crippen LogP contribution < -0.4 is 11.1 Å². The Morgan fingerprint density at radius 2 is 1.84 bits per heavy atom. The number of nitrogen functional groups attached to an aromatic ring is 1. The maximum absolute atomic E-state index is 12.8. The fourth-order valence-corrected chi connectivity index (χ4v) is 5.50. The van der Waals surface area contributed by atoms with Gasteiger partial charge >= 0.3 is 0 Å². The van der Waals surface area contributed by atoms with Crippen molar-refractivity contribution in [3.63, 3.8) is 0 Å². The number of carbonyl (C=O) groups is 2. The molecule has 5 heterocycles. The van der Waals surface area contributed by atoms with Crippen LogP contribution in [0.4, 0.5) is 5.82 Å². The molecule has 9 heteroatoms. The number of amides is 1. The third-order valence-corrected chi connectivity index (χ3v) is 7.56. The lowest BCUT2D eigenvalue weighted by Crippen LogP contribution is -2.46. The van der Waals surface area contributed by atoms with Gasteiger partial charge in [-0.25, -0.2) is 4.98 Å². The summed E-state index contributed by atoms with van der Waals surface area (Å²) in [6.07, 6.45) is 7.70. The Hall–Kier alpha value is -4.11. The lowest BCUT2D eigenvalue weighted by Gasteiger charge is -2.33. The van der Waals surface area contributed by atoms with E-state index in [-0.39, 0.29) is 23.7 Å². The SMILES string of the molecule is Nc1c(C=O)c(C2CCN(C(=O)[C@H]3CCCN3)CC2)nc2c(-c3ccc(-c4ccccc4)nc3)cnn12. The smallest absolute Gasteiger partial charge is 0.239 e. The first-order valence-electron chi connectivity index (χ1n) is 12.8. The summed E-state index contributed by atoms with van der Waals surface area (Å²) in [4.78, 5) is 36.4. The molecule has 188 valence electrons. The minimum absolute atomic E-state index is 0.0365. The van der Waals surface area contributed by atoms with Gasteiger partial charge in [0, 0.05) is 41.9 Å². The molecule has 0 saturated carbocycles. The summed E-state index contributed by atoms with van der Waals surface area (Å²) in [5.74, 6) is 0.497. The van der Waals surface area contributed by atoms with Crippen molar-refractivity contribution >= 4 is 23.7 Å². The van der Waals surface area contributed by atoms with Gasteiger partial charge in [-0.1, -0.05) is 36.4 Å². The largest absolute Gasteiger partial charge is 0.383 e. The Bertz CT molecular complexity index is 1440. The number of fused-ring (bicyclic) bond motifs is 1. The van der Waals surface area contributed by atoms with E-state index in [2.05, 4.69) is 15.4 Å². The molecule has 1 atom stereocenters. The lowest BCUT2D eigenvalue weighted by molar-refractivity contribution is -0.134. The number of likely N-dealkylation sites (tertiary alicyclic amines) is 1. The van der Waals surface area contributed by atoms with Crippen molar-refractivity contribution in [2.75, 3.05) is 25.4 Å². The number of nitrogens with zero attached hydrogens (tertiary/aromatic N) is 5. The van der Waals surface area contributed by atoms with Gasteiger partial charge in [-0.15, -0.1) is 0 Å². The van der Waals surface area contributed by atoms with Crippen molar-refractivity contribution in [1.29, 1.82) is 0 Å². The van der Waals surface area contributed by atoms with Crippen LogP contribution in [0.25, 0.3) is 28.0 Å². The van der Waals surface area contributed by atoms with E-state index in [9.17, 15) is 9.59 Å². The van der Waals surface area contributed by atoms with Gasteiger partial charge in [0.15, 0.2) is 11.9 Å². The summed E-state index contributed by atoms with van der Waals surface area (Å²) in [5, 5.41) is 7.72. The fourth-order valence-electron chi connectivity index (χ4n) is 5.50. The average Bonchev–Trinajstić information content (AvgIpc) is 3.64. The third-order valence-electron chi connectivity index (χ3n) is 7.56. The van der Waals surface area contributed by atoms with Crippen LogP contribution in [0, 0.1) is 0 Å². The van der Waals surface area contributed by atoms with Crippen LogP contribution in [0.2, 0.25) is 0 Å². The Kier molecular flexibility index (Phi) is 6.13. The number of pyridine rings is 1. The molecule has 0 aliphatic carbocycles. The van der Waals surface area contributed by atoms with Gasteiger partial charge in [0.05, 0.1) is 29.2 Å². The molecule has 1 amide bonds. The van der Waals surface area contributed by atoms with Crippen LogP contribution in [0.15, 0.2) is 54.9 Å². The van der Waals surface area contributed by atoms with Crippen LogP contribution in [0.3, 0.4) is 0 Å². The summed E-state index contributed by atoms with van der Waals surface area (Å²) in [6, 6.07) is 13.9. The van der Waals surface area contributed by atoms with E-state index >= 15 is 0 Å². The predicted molar refractivity (Wildman–Crippen MR) is 141 cm³/mol. The van der Waals surface area contributed by atoms with Crippen LogP contribution in [0.5, 0.6) is 0 Å². The maximum Gasteiger partial charge on any atom is 0.239 e. The molecule has 2 aliphatic heterocycles. The molecule has 9 nitrogen and oxygen atoms in total. The minimum atomic E-state index is -0.0663. The number of aromatic nitrogens is 4. The Balaban J connectivity index is 1.29. The van der Waals surface area contributed by atoms with E-state index in [1.54, 1.807) is 6.20 Å². The lowest BCUT2D eigenvalue weighted by atomic mass is 9.90. The van der Waals surface area contributed by atoms with E-state index < -0.39 is 0 Å². The molecule has 0 spiro atoms. The highest BCUT2D eigenvalue weighted by atomic mass is 16.2. The number of benzene rings is 1. The molecule has 2 saturated heterocycles. The monoisotopic (exact) mass is 495 g/mol. The zero-order valence-electron chi connectivity index (χ0n) is 20.5. The molecular formula is C28H29N7O2. The Morgan fingerprint density at radius 1 is 1.03 bits per heavy atom. The molecule has 2 fully saturated rings. The quantitative estimate of drug-likeness (QED) is 0.408. The number of aldehydes is 1. The predicted octanol–water partition coefficient (Wildman–Crippen LogP) is 3.31. The first-order chi connectivity index (χ1) is 18.1. The number of rotatable bonds is 5. The molecule has 3 aromatic heterocycles. The van der Waals surface area contributed by atoms with Gasteiger partial charge in [0.25, 0.3) is 0 Å². The maximum atomic E-state index is 12.8. The molecule has 0 bridgehead atoms. The second kappa shape index (κ2) is 9.74. The van der Waals surface area contributed by atoms with Crippen molar-refractivity contribution in [3.05, 3.63) is 66.1 Å². The molecular weight excluding hydrogens is 466 g/mol. The van der Waals surface area contributed by atoms with E-state index in [1.165, 1.54) is 4.52 Å². The topological polar surface area (TPSA) is 119 Å². The van der Waals surface area contributed by atoms with E-state index in [0.717, 1.165) is 60.9 Å². The number of hydrogen-bond donors (Lipinski definition) is 2. The first kappa shape index (κ1) is 23.3. The third kappa shape index (κ3) is 4.25. The minimum Gasteiger partial charge on any atom is -0.383 e. The van der Waals surface area contributed by atoms with Gasteiger partial charge in [-0.2, -0.15) is 9.61 Å². The average molecular weight is 496 g/mol. The number of anilines is 1. The molecule has 1 aromatic carbocycles. The second-order valence-electron chi connectivity index (χ2n) is 9.75. The number of piperidine rings is 1. The number of hydrogen-bond acceptors (Lipinski definition) is 7. The van der Waals surface area contributed by atoms with Crippen molar-refractivity contribution in [3.8, 4) is 22.4 Å². The van der Waals surface area contributed by atoms with E-state index in [0.29, 0.717) is 30.0 Å². The van der Waals surface area contributed by atoms with Gasteiger partial charge in [-0.05, 0) is 38.3 Å². The molecule has 0 unspecified atom stereocenters. The molecule has 0 radical (unpaired) electrons. The van der Waals surface area contributed by atoms with Crippen molar-refractivity contribution in [2.24, 2.45) is 0 Å². The van der Waals surface area contributed by atoms with Gasteiger partial charge < -0.3 is 16.0 Å². The summed E-state index contributed by atoms with van der Waals surface area (Å²) in [7, 11) is 0. The van der Waals surface area contributed by atoms with Crippen LogP contribution >= 0.6 is 0 Å². The standard InChI is InChI=1S/C28H29N7O2/c29-26-22(17-36)25(19-10-13-34(14-11-19)28(37)24-7-4-12-30-24)33-27-21(16-32-35(26)27)20-8-9-23(31-15-20)18-5-2-1-3-6-18/h1-3,5-6,8-9,15-17,19,24,30H,4,7,10-14,29H2/t24-/m1/s1. The van der Waals surface area contributed by atoms with E-state index in [4.69, 9.17) is 10.7 Å². The zero-order chi connectivity index (χ0) is 25.4. The highest BCUT2D eigenvalue weighted by molar-refractivity contribution is 5.87. The van der Waals surface area contributed by atoms with Gasteiger partial charge in [0.2, 0.25) is 5.91 Å². The number of nitrogens with two attached hydrogens (primary N) is 1. The number of carbonyl (C=O) groups excluding carboxylic acids is 2. The first-order valence-corrected chi connectivity index (χ1v) is 12.8. The van der Waals surface area contributed by atoms with Crippen LogP contribution in [0.1, 0.15) is 47.7 Å². The highest BCUT2D eigenvalue weighted by Crippen LogP contribution is 2.34. The fraction of sp³-hybridized carbons (Fsp3) is 0.321. The van der Waals surface area contributed by atoms with Crippen LogP contribution in [-0.2, 0) is 4.79 Å². The molecule has 6 rings (SSSR count). The van der Waals surface area contributed by atoms with Gasteiger partial charge in [-0.3, -0.25) is 14.6 Å². The summed E-state index contributed by atoms with van der Waals surface area (Å²) >= 11 is 0. The summed E-state index contributed by atoms with van der Waals surface area (Å²) in [5.41, 5.74) is 11.7. The van der Waals surface area contributed by atoms with Crippen molar-refractivity contribution < 1.29 is 9.59 Å². The zero-order valence-corrected chi connectivity index (χ0v) is 20.5. The van der Waals surface area contributed by atoms with Crippen molar-refractivity contribution in [1.82, 2.24) is 29.8 Å². The Labute approximate surface area is 214 Å².